The molecule has 8 heteroatoms. The Balaban J connectivity index is 1.59. The zero-order valence-electron chi connectivity index (χ0n) is 25.7. The predicted octanol–water partition coefficient (Wildman–Crippen LogP) is 5.37. The van der Waals surface area contributed by atoms with Crippen LogP contribution in [-0.2, 0) is 33.0 Å². The van der Waals surface area contributed by atoms with Gasteiger partial charge in [0.15, 0.2) is 0 Å². The molecule has 0 amide bonds. The largest absolute Gasteiger partial charge is 0.469 e. The molecule has 0 aliphatic heterocycles. The summed E-state index contributed by atoms with van der Waals surface area (Å²) in [7, 11) is -1.41. The van der Waals surface area contributed by atoms with Gasteiger partial charge >= 0.3 is 17.9 Å². The van der Waals surface area contributed by atoms with Gasteiger partial charge in [-0.1, -0.05) is 112 Å². The van der Waals surface area contributed by atoms with E-state index in [0.717, 1.165) is 0 Å². The number of hydrogen-bond donors (Lipinski definition) is 0. The topological polar surface area (TPSA) is 88.1 Å². The Labute approximate surface area is 255 Å². The van der Waals surface area contributed by atoms with Crippen molar-refractivity contribution in [2.75, 3.05) is 13.7 Å². The molecule has 4 unspecified atom stereocenters. The Bertz CT molecular complexity index is 1320. The zero-order valence-corrected chi connectivity index (χ0v) is 26.7. The van der Waals surface area contributed by atoms with Gasteiger partial charge in [-0.3, -0.25) is 9.59 Å². The van der Waals surface area contributed by atoms with E-state index in [1.165, 1.54) is 24.4 Å². The van der Waals surface area contributed by atoms with Gasteiger partial charge in [-0.15, -0.1) is 0 Å². The number of benzene rings is 3. The second kappa shape index (κ2) is 14.1. The maximum absolute atomic E-state index is 13.4. The molecule has 1 saturated carbocycles. The minimum Gasteiger partial charge on any atom is -0.469 e. The van der Waals surface area contributed by atoms with Gasteiger partial charge in [-0.05, 0) is 34.2 Å². The molecule has 0 heterocycles. The fourth-order valence-corrected chi connectivity index (χ4v) is 10.9. The highest BCUT2D eigenvalue weighted by molar-refractivity contribution is 6.99. The molecule has 0 saturated heterocycles. The van der Waals surface area contributed by atoms with Crippen LogP contribution in [0.5, 0.6) is 0 Å². The molecule has 0 bridgehead atoms. The summed E-state index contributed by atoms with van der Waals surface area (Å²) in [6.45, 7) is 8.41. The first-order valence-electron chi connectivity index (χ1n) is 14.8. The van der Waals surface area contributed by atoms with Crippen LogP contribution in [0, 0.1) is 11.8 Å². The maximum Gasteiger partial charge on any atom is 0.352 e. The summed E-state index contributed by atoms with van der Waals surface area (Å²) in [5.41, 5.74) is 0.525. The van der Waals surface area contributed by atoms with Gasteiger partial charge in [0.1, 0.15) is 6.10 Å². The zero-order chi connectivity index (χ0) is 31.0. The van der Waals surface area contributed by atoms with Crippen LogP contribution < -0.4 is 10.4 Å². The molecule has 0 radical (unpaired) electrons. The minimum atomic E-state index is -2.77. The van der Waals surface area contributed by atoms with Crippen molar-refractivity contribution in [3.63, 3.8) is 0 Å². The van der Waals surface area contributed by atoms with Gasteiger partial charge in [-0.2, -0.15) is 0 Å². The first-order chi connectivity index (χ1) is 20.5. The molecule has 1 aliphatic rings. The van der Waals surface area contributed by atoms with Crippen molar-refractivity contribution in [2.24, 2.45) is 11.8 Å². The predicted molar refractivity (Wildman–Crippen MR) is 167 cm³/mol. The Kier molecular flexibility index (Phi) is 10.6. The first kappa shape index (κ1) is 32.2. The minimum absolute atomic E-state index is 0.0398. The molecule has 1 aliphatic carbocycles. The van der Waals surface area contributed by atoms with E-state index in [4.69, 9.17) is 18.6 Å². The van der Waals surface area contributed by atoms with E-state index < -0.39 is 32.5 Å². The van der Waals surface area contributed by atoms with Gasteiger partial charge in [0, 0.05) is 25.0 Å². The molecule has 7 nitrogen and oxygen atoms in total. The third-order valence-corrected chi connectivity index (χ3v) is 13.2. The summed E-state index contributed by atoms with van der Waals surface area (Å²) >= 11 is 0. The molecule has 4 atom stereocenters. The van der Waals surface area contributed by atoms with Crippen LogP contribution in [0.25, 0.3) is 0 Å². The Morgan fingerprint density at radius 3 is 1.86 bits per heavy atom. The summed E-state index contributed by atoms with van der Waals surface area (Å²) < 4.78 is 23.5. The van der Waals surface area contributed by atoms with Crippen LogP contribution in [-0.4, -0.2) is 46.0 Å². The van der Waals surface area contributed by atoms with Crippen molar-refractivity contribution >= 4 is 36.6 Å². The molecule has 228 valence electrons. The summed E-state index contributed by atoms with van der Waals surface area (Å²) in [5.74, 6) is -1.81. The van der Waals surface area contributed by atoms with Crippen molar-refractivity contribution in [1.29, 1.82) is 0 Å². The monoisotopic (exact) mass is 602 g/mol. The highest BCUT2D eigenvalue weighted by atomic mass is 28.4. The lowest BCUT2D eigenvalue weighted by Crippen LogP contribution is -2.66. The molecule has 1 fully saturated rings. The van der Waals surface area contributed by atoms with Crippen molar-refractivity contribution in [3.05, 3.63) is 96.6 Å². The molecule has 3 aromatic rings. The third-order valence-electron chi connectivity index (χ3n) is 8.20. The number of rotatable bonds is 11. The number of hydrogen-bond acceptors (Lipinski definition) is 7. The highest BCUT2D eigenvalue weighted by Crippen LogP contribution is 2.41. The van der Waals surface area contributed by atoms with E-state index in [1.807, 2.05) is 18.2 Å². The molecule has 43 heavy (non-hydrogen) atoms. The summed E-state index contributed by atoms with van der Waals surface area (Å²) in [4.78, 5) is 37.7. The number of carbonyl (C=O) groups excluding carboxylic acids is 3. The van der Waals surface area contributed by atoms with Crippen LogP contribution in [0.2, 0.25) is 5.04 Å². The number of esters is 3. The van der Waals surface area contributed by atoms with Gasteiger partial charge in [0.2, 0.25) is 6.10 Å². The first-order valence-corrected chi connectivity index (χ1v) is 16.7. The van der Waals surface area contributed by atoms with Gasteiger partial charge in [0.05, 0.1) is 13.5 Å². The normalized spacial score (nSPS) is 19.3. The Morgan fingerprint density at radius 2 is 1.37 bits per heavy atom. The van der Waals surface area contributed by atoms with Crippen LogP contribution in [0.1, 0.15) is 58.6 Å². The van der Waals surface area contributed by atoms with Crippen LogP contribution in [0.3, 0.4) is 0 Å². The number of ether oxygens (including phenoxy) is 3. The van der Waals surface area contributed by atoms with Crippen molar-refractivity contribution in [1.82, 2.24) is 0 Å². The number of carbonyl (C=O) groups is 3. The standard InChI is InChI=1S/C35H42O7Si/c1-25(36)41-33(27-15-9-6-10-16-27)34(38)42-31-22-26(21-28(31)23-32(37)39-5)24-40-43(35(2,3)4,29-17-11-7-12-18-29)30-19-13-8-14-20-30/h6-20,26,28,31,33H,21-24H2,1-5H3. The van der Waals surface area contributed by atoms with Gasteiger partial charge in [-0.25, -0.2) is 4.79 Å². The highest BCUT2D eigenvalue weighted by Gasteiger charge is 2.51. The van der Waals surface area contributed by atoms with Gasteiger partial charge in [0.25, 0.3) is 8.32 Å². The van der Waals surface area contributed by atoms with Gasteiger partial charge < -0.3 is 18.6 Å². The quantitative estimate of drug-likeness (QED) is 0.166. The molecule has 0 spiro atoms. The van der Waals surface area contributed by atoms with Crippen LogP contribution >= 0.6 is 0 Å². The second-order valence-corrected chi connectivity index (χ2v) is 16.5. The molecule has 0 aromatic heterocycles. The lowest BCUT2D eigenvalue weighted by Gasteiger charge is -2.43. The smallest absolute Gasteiger partial charge is 0.352 e. The molecular formula is C35H42O7Si. The number of methoxy groups -OCH3 is 1. The lowest BCUT2D eigenvalue weighted by atomic mass is 10.0. The summed E-state index contributed by atoms with van der Waals surface area (Å²) in [6.07, 6.45) is -0.471. The molecule has 4 rings (SSSR count). The van der Waals surface area contributed by atoms with Crippen molar-refractivity contribution in [2.45, 2.75) is 64.2 Å². The molecule has 0 N–H and O–H groups in total. The van der Waals surface area contributed by atoms with Crippen molar-refractivity contribution in [3.8, 4) is 0 Å². The Morgan fingerprint density at radius 1 is 0.837 bits per heavy atom. The Hall–Kier alpha value is -3.75. The van der Waals surface area contributed by atoms with Crippen LogP contribution in [0.15, 0.2) is 91.0 Å². The third kappa shape index (κ3) is 7.61. The molecule has 3 aromatic carbocycles. The van der Waals surface area contributed by atoms with E-state index in [9.17, 15) is 14.4 Å². The fraction of sp³-hybridized carbons (Fsp3) is 0.400. The van der Waals surface area contributed by atoms with E-state index in [1.54, 1.807) is 24.3 Å². The summed E-state index contributed by atoms with van der Waals surface area (Å²) in [6, 6.07) is 29.7. The SMILES string of the molecule is COC(=O)CC1CC(CO[Si](c2ccccc2)(c2ccccc2)C(C)(C)C)CC1OC(=O)C(OC(C)=O)c1ccccc1. The van der Waals surface area contributed by atoms with Crippen molar-refractivity contribution < 1.29 is 33.0 Å². The average molecular weight is 603 g/mol. The van der Waals surface area contributed by atoms with E-state index in [2.05, 4.69) is 69.3 Å². The van der Waals surface area contributed by atoms with E-state index >= 15 is 0 Å². The lowest BCUT2D eigenvalue weighted by molar-refractivity contribution is -0.173. The van der Waals surface area contributed by atoms with Crippen LogP contribution in [0.4, 0.5) is 0 Å². The maximum atomic E-state index is 13.4. The second-order valence-electron chi connectivity index (χ2n) is 12.2. The summed E-state index contributed by atoms with van der Waals surface area (Å²) in [5, 5.41) is 2.19. The average Bonchev–Trinajstić information content (AvgIpc) is 3.37. The molecular weight excluding hydrogens is 560 g/mol. The van der Waals surface area contributed by atoms with E-state index in [-0.39, 0.29) is 29.3 Å². The fourth-order valence-electron chi connectivity index (χ4n) is 6.25. The van der Waals surface area contributed by atoms with E-state index in [0.29, 0.717) is 25.0 Å².